The Labute approximate surface area is 144 Å². The molecule has 2 atom stereocenters. The van der Waals surface area contributed by atoms with E-state index in [4.69, 9.17) is 0 Å². The number of hydrogen-bond acceptors (Lipinski definition) is 1. The molecule has 5 heteroatoms. The normalized spacial score (nSPS) is 22.4. The van der Waals surface area contributed by atoms with Gasteiger partial charge in [-0.3, -0.25) is 4.79 Å². The van der Waals surface area contributed by atoms with Crippen molar-refractivity contribution in [3.05, 3.63) is 65.2 Å². The number of carbonyl (C=O) groups excluding carboxylic acids is 1. The van der Waals surface area contributed by atoms with Crippen LogP contribution in [-0.2, 0) is 12.6 Å². The maximum atomic E-state index is 13.1. The fourth-order valence-corrected chi connectivity index (χ4v) is 4.18. The van der Waals surface area contributed by atoms with E-state index in [1.54, 1.807) is 0 Å². The van der Waals surface area contributed by atoms with Crippen LogP contribution in [0, 0.1) is 5.92 Å². The molecule has 1 saturated carbocycles. The third-order valence-corrected chi connectivity index (χ3v) is 5.36. The number of benzene rings is 2. The maximum absolute atomic E-state index is 13.1. The number of amides is 1. The number of carbonyl (C=O) groups is 1. The monoisotopic (exact) mass is 345 g/mol. The van der Waals surface area contributed by atoms with Gasteiger partial charge in [-0.05, 0) is 61.1 Å². The van der Waals surface area contributed by atoms with Crippen molar-refractivity contribution in [1.29, 1.82) is 0 Å². The summed E-state index contributed by atoms with van der Waals surface area (Å²) >= 11 is 0. The summed E-state index contributed by atoms with van der Waals surface area (Å²) in [7, 11) is 0. The number of rotatable bonds is 1. The van der Waals surface area contributed by atoms with Gasteiger partial charge in [0.15, 0.2) is 0 Å². The number of para-hydroxylation sites is 1. The van der Waals surface area contributed by atoms with Gasteiger partial charge in [-0.15, -0.1) is 0 Å². The lowest BCUT2D eigenvalue weighted by atomic mass is 9.87. The van der Waals surface area contributed by atoms with Crippen molar-refractivity contribution in [3.63, 3.8) is 0 Å². The molecule has 130 valence electrons. The molecule has 2 aromatic carbocycles. The highest BCUT2D eigenvalue weighted by molar-refractivity contribution is 6.07. The summed E-state index contributed by atoms with van der Waals surface area (Å²) < 4.78 is 38.3. The first-order valence-corrected chi connectivity index (χ1v) is 8.54. The van der Waals surface area contributed by atoms with Crippen LogP contribution < -0.4 is 4.90 Å². The standard InChI is InChI=1S/C20H18F3NO/c21-20(22,23)16-10-8-13(9-11-16)19(25)24-17-6-2-1-4-14(17)12-15-5-3-7-18(15)24/h1-2,4,6,8-11,15,18H,3,5,7,12H2. The van der Waals surface area contributed by atoms with Crippen LogP contribution in [0.25, 0.3) is 0 Å². The molecule has 0 aromatic heterocycles. The minimum absolute atomic E-state index is 0.143. The van der Waals surface area contributed by atoms with Gasteiger partial charge >= 0.3 is 6.18 Å². The highest BCUT2D eigenvalue weighted by Crippen LogP contribution is 2.42. The lowest BCUT2D eigenvalue weighted by Gasteiger charge is -2.39. The van der Waals surface area contributed by atoms with Crippen LogP contribution in [-0.4, -0.2) is 11.9 Å². The minimum atomic E-state index is -4.39. The second-order valence-electron chi connectivity index (χ2n) is 6.84. The molecule has 2 aliphatic rings. The number of alkyl halides is 3. The van der Waals surface area contributed by atoms with Crippen molar-refractivity contribution in [3.8, 4) is 0 Å². The zero-order valence-corrected chi connectivity index (χ0v) is 13.6. The molecule has 1 amide bonds. The molecule has 2 aromatic rings. The third-order valence-electron chi connectivity index (χ3n) is 5.36. The number of halogens is 3. The Balaban J connectivity index is 1.71. The van der Waals surface area contributed by atoms with Gasteiger partial charge in [-0.1, -0.05) is 24.6 Å². The van der Waals surface area contributed by atoms with Crippen molar-refractivity contribution < 1.29 is 18.0 Å². The average Bonchev–Trinajstić information content (AvgIpc) is 3.06. The smallest absolute Gasteiger partial charge is 0.305 e. The largest absolute Gasteiger partial charge is 0.416 e. The molecule has 1 aliphatic carbocycles. The van der Waals surface area contributed by atoms with Crippen LogP contribution in [0.5, 0.6) is 0 Å². The van der Waals surface area contributed by atoms with E-state index in [1.165, 1.54) is 12.1 Å². The fourth-order valence-electron chi connectivity index (χ4n) is 4.18. The highest BCUT2D eigenvalue weighted by Gasteiger charge is 2.40. The number of nitrogens with zero attached hydrogens (tertiary/aromatic N) is 1. The first kappa shape index (κ1) is 16.2. The molecule has 2 unspecified atom stereocenters. The lowest BCUT2D eigenvalue weighted by Crippen LogP contribution is -2.46. The molecule has 0 N–H and O–H groups in total. The van der Waals surface area contributed by atoms with E-state index in [9.17, 15) is 18.0 Å². The van der Waals surface area contributed by atoms with E-state index in [-0.39, 0.29) is 11.9 Å². The molecule has 0 radical (unpaired) electrons. The van der Waals surface area contributed by atoms with E-state index < -0.39 is 11.7 Å². The summed E-state index contributed by atoms with van der Waals surface area (Å²) in [5.74, 6) is 0.228. The maximum Gasteiger partial charge on any atom is 0.416 e. The summed E-state index contributed by atoms with van der Waals surface area (Å²) in [6.07, 6.45) is -0.297. The molecule has 0 saturated heterocycles. The van der Waals surface area contributed by atoms with Gasteiger partial charge in [-0.25, -0.2) is 0 Å². The Morgan fingerprint density at radius 2 is 1.72 bits per heavy atom. The second kappa shape index (κ2) is 5.90. The summed E-state index contributed by atoms with van der Waals surface area (Å²) in [5, 5.41) is 0. The van der Waals surface area contributed by atoms with Crippen LogP contribution in [0.2, 0.25) is 0 Å². The molecule has 0 spiro atoms. The highest BCUT2D eigenvalue weighted by atomic mass is 19.4. The molecular weight excluding hydrogens is 327 g/mol. The van der Waals surface area contributed by atoms with Gasteiger partial charge < -0.3 is 4.90 Å². The second-order valence-corrected chi connectivity index (χ2v) is 6.84. The van der Waals surface area contributed by atoms with Crippen LogP contribution in [0.15, 0.2) is 48.5 Å². The zero-order valence-electron chi connectivity index (χ0n) is 13.6. The molecule has 1 fully saturated rings. The molecule has 25 heavy (non-hydrogen) atoms. The Kier molecular flexibility index (Phi) is 3.82. The summed E-state index contributed by atoms with van der Waals surface area (Å²) in [6, 6.07) is 12.5. The molecule has 2 nitrogen and oxygen atoms in total. The van der Waals surface area contributed by atoms with E-state index >= 15 is 0 Å². The first-order chi connectivity index (χ1) is 11.9. The molecule has 0 bridgehead atoms. The van der Waals surface area contributed by atoms with Gasteiger partial charge in [0, 0.05) is 17.3 Å². The summed E-state index contributed by atoms with van der Waals surface area (Å²) in [4.78, 5) is 14.9. The van der Waals surface area contributed by atoms with Crippen LogP contribution >= 0.6 is 0 Å². The Morgan fingerprint density at radius 1 is 1.00 bits per heavy atom. The van der Waals surface area contributed by atoms with Gasteiger partial charge in [0.05, 0.1) is 5.56 Å². The number of fused-ring (bicyclic) bond motifs is 2. The van der Waals surface area contributed by atoms with E-state index in [2.05, 4.69) is 0 Å². The molecule has 4 rings (SSSR count). The molecular formula is C20H18F3NO. The fraction of sp³-hybridized carbons (Fsp3) is 0.350. The van der Waals surface area contributed by atoms with Crippen LogP contribution in [0.1, 0.15) is 40.7 Å². The topological polar surface area (TPSA) is 20.3 Å². The zero-order chi connectivity index (χ0) is 17.6. The van der Waals surface area contributed by atoms with E-state index in [0.717, 1.165) is 49.1 Å². The average molecular weight is 345 g/mol. The van der Waals surface area contributed by atoms with Gasteiger partial charge in [0.2, 0.25) is 0 Å². The minimum Gasteiger partial charge on any atom is -0.305 e. The van der Waals surface area contributed by atoms with E-state index in [0.29, 0.717) is 11.5 Å². The van der Waals surface area contributed by atoms with Crippen molar-refractivity contribution in [2.45, 2.75) is 37.9 Å². The predicted octanol–water partition coefficient (Wildman–Crippen LogP) is 5.08. The molecule has 1 heterocycles. The lowest BCUT2D eigenvalue weighted by molar-refractivity contribution is -0.137. The Hall–Kier alpha value is -2.30. The van der Waals surface area contributed by atoms with Crippen molar-refractivity contribution in [1.82, 2.24) is 0 Å². The quantitative estimate of drug-likeness (QED) is 0.706. The number of anilines is 1. The summed E-state index contributed by atoms with van der Waals surface area (Å²) in [5.41, 5.74) is 1.61. The van der Waals surface area contributed by atoms with E-state index in [1.807, 2.05) is 29.2 Å². The number of hydrogen-bond donors (Lipinski definition) is 0. The van der Waals surface area contributed by atoms with Crippen molar-refractivity contribution in [2.24, 2.45) is 5.92 Å². The van der Waals surface area contributed by atoms with Crippen molar-refractivity contribution >= 4 is 11.6 Å². The Bertz CT molecular complexity index is 797. The SMILES string of the molecule is O=C(c1ccc(C(F)(F)F)cc1)N1c2ccccc2CC2CCCC21. The first-order valence-electron chi connectivity index (χ1n) is 8.54. The molecule has 1 aliphatic heterocycles. The van der Waals surface area contributed by atoms with Crippen LogP contribution in [0.4, 0.5) is 18.9 Å². The Morgan fingerprint density at radius 3 is 2.44 bits per heavy atom. The van der Waals surface area contributed by atoms with Gasteiger partial charge in [0.25, 0.3) is 5.91 Å². The van der Waals surface area contributed by atoms with Crippen LogP contribution in [0.3, 0.4) is 0 Å². The van der Waals surface area contributed by atoms with Gasteiger partial charge in [-0.2, -0.15) is 13.2 Å². The van der Waals surface area contributed by atoms with Gasteiger partial charge in [0.1, 0.15) is 0 Å². The van der Waals surface area contributed by atoms with Crippen molar-refractivity contribution in [2.75, 3.05) is 4.90 Å². The third kappa shape index (κ3) is 2.81. The predicted molar refractivity (Wildman–Crippen MR) is 89.5 cm³/mol. The summed E-state index contributed by atoms with van der Waals surface area (Å²) in [6.45, 7) is 0.